The van der Waals surface area contributed by atoms with Gasteiger partial charge in [-0.15, -0.1) is 0 Å². The Hall–Kier alpha value is -2.59. The number of nitrogens with two attached hydrogens (primary N) is 1. The number of hydrogen-bond acceptors (Lipinski definition) is 2. The lowest BCUT2D eigenvalue weighted by molar-refractivity contribution is 1.09. The maximum atomic E-state index is 5.77. The van der Waals surface area contributed by atoms with Gasteiger partial charge in [0, 0.05) is 15.8 Å². The fourth-order valence-corrected chi connectivity index (χ4v) is 2.93. The van der Waals surface area contributed by atoms with Crippen LogP contribution in [0.3, 0.4) is 0 Å². The second kappa shape index (κ2) is 5.56. The Morgan fingerprint density at radius 2 is 1.52 bits per heavy atom. The molecule has 0 spiro atoms. The molecule has 4 heteroatoms. The number of imidazole rings is 1. The standard InChI is InChI=1S/C19H14BrN3/c20-15-4-8-17(9-5-15)23-12-22-18-10-3-14(11-19(18)23)13-1-6-16(21)7-2-13/h1-12H,21H2. The van der Waals surface area contributed by atoms with E-state index in [0.29, 0.717) is 0 Å². The Labute approximate surface area is 142 Å². The van der Waals surface area contributed by atoms with Gasteiger partial charge in [-0.2, -0.15) is 0 Å². The van der Waals surface area contributed by atoms with Crippen molar-refractivity contribution in [2.24, 2.45) is 0 Å². The summed E-state index contributed by atoms with van der Waals surface area (Å²) in [4.78, 5) is 4.50. The third kappa shape index (κ3) is 2.62. The van der Waals surface area contributed by atoms with Gasteiger partial charge >= 0.3 is 0 Å². The van der Waals surface area contributed by atoms with Crippen LogP contribution in [0.15, 0.2) is 77.5 Å². The molecule has 4 rings (SSSR count). The highest BCUT2D eigenvalue weighted by Gasteiger charge is 2.07. The Morgan fingerprint density at radius 3 is 2.26 bits per heavy atom. The molecule has 2 N–H and O–H groups in total. The number of aromatic nitrogens is 2. The van der Waals surface area contributed by atoms with Crippen molar-refractivity contribution in [2.45, 2.75) is 0 Å². The van der Waals surface area contributed by atoms with Crippen LogP contribution in [0, 0.1) is 0 Å². The number of fused-ring (bicyclic) bond motifs is 1. The van der Waals surface area contributed by atoms with Crippen molar-refractivity contribution in [3.05, 3.63) is 77.5 Å². The number of rotatable bonds is 2. The molecule has 0 amide bonds. The van der Waals surface area contributed by atoms with Crippen molar-refractivity contribution in [3.63, 3.8) is 0 Å². The van der Waals surface area contributed by atoms with Gasteiger partial charge in [0.1, 0.15) is 6.33 Å². The van der Waals surface area contributed by atoms with Gasteiger partial charge < -0.3 is 5.73 Å². The topological polar surface area (TPSA) is 43.8 Å². The van der Waals surface area contributed by atoms with E-state index in [0.717, 1.165) is 38.0 Å². The Morgan fingerprint density at radius 1 is 0.826 bits per heavy atom. The summed E-state index contributed by atoms with van der Waals surface area (Å²) in [5, 5.41) is 0. The smallest absolute Gasteiger partial charge is 0.100 e. The number of nitrogens with zero attached hydrogens (tertiary/aromatic N) is 2. The van der Waals surface area contributed by atoms with E-state index >= 15 is 0 Å². The molecule has 0 aliphatic carbocycles. The van der Waals surface area contributed by atoms with Crippen LogP contribution in [0.4, 0.5) is 5.69 Å². The number of nitrogen functional groups attached to an aromatic ring is 1. The molecule has 0 atom stereocenters. The first-order chi connectivity index (χ1) is 11.2. The molecule has 0 aliphatic heterocycles. The van der Waals surface area contributed by atoms with Gasteiger partial charge in [0.15, 0.2) is 0 Å². The van der Waals surface area contributed by atoms with Crippen LogP contribution in [0.5, 0.6) is 0 Å². The van der Waals surface area contributed by atoms with Crippen LogP contribution in [0.2, 0.25) is 0 Å². The highest BCUT2D eigenvalue weighted by molar-refractivity contribution is 9.10. The van der Waals surface area contributed by atoms with Crippen LogP contribution in [-0.4, -0.2) is 9.55 Å². The molecular formula is C19H14BrN3. The van der Waals surface area contributed by atoms with E-state index in [1.54, 1.807) is 0 Å². The Bertz CT molecular complexity index is 970. The summed E-state index contributed by atoms with van der Waals surface area (Å²) in [6.45, 7) is 0. The predicted octanol–water partition coefficient (Wildman–Crippen LogP) is 5.04. The lowest BCUT2D eigenvalue weighted by Gasteiger charge is -2.07. The molecule has 112 valence electrons. The van der Waals surface area contributed by atoms with Crippen molar-refractivity contribution >= 4 is 32.7 Å². The van der Waals surface area contributed by atoms with Gasteiger partial charge in [-0.05, 0) is 59.7 Å². The van der Waals surface area contributed by atoms with Gasteiger partial charge in [0.05, 0.1) is 11.0 Å². The molecule has 0 fully saturated rings. The number of hydrogen-bond donors (Lipinski definition) is 1. The van der Waals surface area contributed by atoms with Gasteiger partial charge in [-0.25, -0.2) is 4.98 Å². The molecule has 0 bridgehead atoms. The molecule has 0 saturated carbocycles. The molecule has 1 heterocycles. The number of benzene rings is 3. The van der Waals surface area contributed by atoms with E-state index in [-0.39, 0.29) is 0 Å². The largest absolute Gasteiger partial charge is 0.399 e. The molecule has 3 aromatic carbocycles. The Kier molecular flexibility index (Phi) is 3.39. The maximum Gasteiger partial charge on any atom is 0.100 e. The molecule has 0 saturated heterocycles. The van der Waals surface area contributed by atoms with Crippen LogP contribution in [-0.2, 0) is 0 Å². The zero-order valence-electron chi connectivity index (χ0n) is 12.3. The molecule has 0 radical (unpaired) electrons. The molecule has 0 aliphatic rings. The fourth-order valence-electron chi connectivity index (χ4n) is 2.67. The summed E-state index contributed by atoms with van der Waals surface area (Å²) in [5.41, 5.74) is 12.0. The van der Waals surface area contributed by atoms with Crippen molar-refractivity contribution < 1.29 is 0 Å². The third-order valence-electron chi connectivity index (χ3n) is 3.90. The highest BCUT2D eigenvalue weighted by Crippen LogP contribution is 2.26. The van der Waals surface area contributed by atoms with Crippen LogP contribution in [0.25, 0.3) is 27.8 Å². The average molecular weight is 364 g/mol. The summed E-state index contributed by atoms with van der Waals surface area (Å²) >= 11 is 3.47. The normalized spacial score (nSPS) is 11.0. The van der Waals surface area contributed by atoms with E-state index in [9.17, 15) is 0 Å². The summed E-state index contributed by atoms with van der Waals surface area (Å²) in [5.74, 6) is 0. The van der Waals surface area contributed by atoms with Gasteiger partial charge in [0.2, 0.25) is 0 Å². The average Bonchev–Trinajstić information content (AvgIpc) is 2.99. The van der Waals surface area contributed by atoms with E-state index < -0.39 is 0 Å². The predicted molar refractivity (Wildman–Crippen MR) is 98.6 cm³/mol. The summed E-state index contributed by atoms with van der Waals surface area (Å²) in [6, 6.07) is 22.4. The Balaban J connectivity index is 1.86. The molecule has 1 aromatic heterocycles. The van der Waals surface area contributed by atoms with Crippen LogP contribution in [0.1, 0.15) is 0 Å². The van der Waals surface area contributed by atoms with Gasteiger partial charge in [-0.1, -0.05) is 34.1 Å². The van der Waals surface area contributed by atoms with E-state index in [4.69, 9.17) is 5.73 Å². The zero-order chi connectivity index (χ0) is 15.8. The first-order valence-electron chi connectivity index (χ1n) is 7.30. The van der Waals surface area contributed by atoms with Gasteiger partial charge in [0.25, 0.3) is 0 Å². The molecule has 0 unspecified atom stereocenters. The van der Waals surface area contributed by atoms with Crippen LogP contribution >= 0.6 is 15.9 Å². The van der Waals surface area contributed by atoms with Gasteiger partial charge in [-0.3, -0.25) is 4.57 Å². The van der Waals surface area contributed by atoms with Crippen molar-refractivity contribution in [1.82, 2.24) is 9.55 Å². The lowest BCUT2D eigenvalue weighted by atomic mass is 10.0. The summed E-state index contributed by atoms with van der Waals surface area (Å²) in [7, 11) is 0. The summed E-state index contributed by atoms with van der Waals surface area (Å²) < 4.78 is 3.16. The van der Waals surface area contributed by atoms with Crippen molar-refractivity contribution in [3.8, 4) is 16.8 Å². The van der Waals surface area contributed by atoms with E-state index in [1.165, 1.54) is 0 Å². The van der Waals surface area contributed by atoms with E-state index in [2.05, 4.69) is 55.8 Å². The number of anilines is 1. The summed E-state index contributed by atoms with van der Waals surface area (Å²) in [6.07, 6.45) is 1.86. The van der Waals surface area contributed by atoms with E-state index in [1.807, 2.05) is 42.7 Å². The highest BCUT2D eigenvalue weighted by atomic mass is 79.9. The quantitative estimate of drug-likeness (QED) is 0.507. The minimum absolute atomic E-state index is 0.773. The van der Waals surface area contributed by atoms with Crippen LogP contribution < -0.4 is 5.73 Å². The third-order valence-corrected chi connectivity index (χ3v) is 4.42. The molecule has 23 heavy (non-hydrogen) atoms. The van der Waals surface area contributed by atoms with Crippen molar-refractivity contribution in [2.75, 3.05) is 5.73 Å². The second-order valence-electron chi connectivity index (χ2n) is 5.42. The lowest BCUT2D eigenvalue weighted by Crippen LogP contribution is -1.91. The minimum atomic E-state index is 0.773. The van der Waals surface area contributed by atoms with Crippen molar-refractivity contribution in [1.29, 1.82) is 0 Å². The minimum Gasteiger partial charge on any atom is -0.399 e. The number of halogens is 1. The molecule has 4 aromatic rings. The zero-order valence-corrected chi connectivity index (χ0v) is 13.9. The SMILES string of the molecule is Nc1ccc(-c2ccc3ncn(-c4ccc(Br)cc4)c3c2)cc1. The first-order valence-corrected chi connectivity index (χ1v) is 8.09. The first kappa shape index (κ1) is 14.0. The molecule has 3 nitrogen and oxygen atoms in total. The second-order valence-corrected chi connectivity index (χ2v) is 6.33. The molecular weight excluding hydrogens is 350 g/mol. The monoisotopic (exact) mass is 363 g/mol. The fraction of sp³-hybridized carbons (Fsp3) is 0. The maximum absolute atomic E-state index is 5.77.